The molecule has 0 aliphatic heterocycles. The van der Waals surface area contributed by atoms with Gasteiger partial charge >= 0.3 is 5.97 Å². The molecule has 0 radical (unpaired) electrons. The summed E-state index contributed by atoms with van der Waals surface area (Å²) in [4.78, 5) is 19.9. The predicted molar refractivity (Wildman–Crippen MR) is 57.3 cm³/mol. The molecule has 1 aromatic heterocycles. The zero-order valence-corrected chi connectivity index (χ0v) is 9.02. The molecule has 2 aliphatic rings. The van der Waals surface area contributed by atoms with Crippen LogP contribution >= 0.6 is 0 Å². The van der Waals surface area contributed by atoms with Crippen LogP contribution in [0.25, 0.3) is 0 Å². The van der Waals surface area contributed by atoms with Gasteiger partial charge in [-0.2, -0.15) is 0 Å². The van der Waals surface area contributed by atoms with Gasteiger partial charge in [-0.25, -0.2) is 9.97 Å². The number of fused-ring (bicyclic) bond motifs is 1. The van der Waals surface area contributed by atoms with Crippen molar-refractivity contribution in [2.45, 2.75) is 43.9 Å². The Morgan fingerprint density at radius 1 is 1.38 bits per heavy atom. The summed E-state index contributed by atoms with van der Waals surface area (Å²) in [6.07, 6.45) is 6.65. The summed E-state index contributed by atoms with van der Waals surface area (Å²) in [5.74, 6) is 0.320. The van der Waals surface area contributed by atoms with Crippen LogP contribution in [-0.2, 0) is 11.2 Å². The third kappa shape index (κ3) is 1.58. The molecular weight excluding hydrogens is 204 g/mol. The van der Waals surface area contributed by atoms with E-state index in [0.29, 0.717) is 12.3 Å². The van der Waals surface area contributed by atoms with Crippen molar-refractivity contribution >= 4 is 5.97 Å². The lowest BCUT2D eigenvalue weighted by molar-refractivity contribution is -0.139. The molecule has 1 saturated carbocycles. The van der Waals surface area contributed by atoms with E-state index < -0.39 is 11.9 Å². The molecule has 16 heavy (non-hydrogen) atoms. The highest BCUT2D eigenvalue weighted by atomic mass is 16.4. The van der Waals surface area contributed by atoms with Gasteiger partial charge in [0.2, 0.25) is 0 Å². The lowest BCUT2D eigenvalue weighted by Gasteiger charge is -2.21. The van der Waals surface area contributed by atoms with Gasteiger partial charge in [-0.3, -0.25) is 4.79 Å². The van der Waals surface area contributed by atoms with Crippen LogP contribution in [0.5, 0.6) is 0 Å². The number of aliphatic carboxylic acids is 1. The molecule has 0 amide bonds. The Morgan fingerprint density at radius 2 is 2.19 bits per heavy atom. The fraction of sp³-hybridized carbons (Fsp3) is 0.583. The first-order valence-corrected chi connectivity index (χ1v) is 5.84. The number of carboxylic acids is 1. The summed E-state index contributed by atoms with van der Waals surface area (Å²) in [5.41, 5.74) is 1.80. The molecule has 1 heterocycles. The van der Waals surface area contributed by atoms with E-state index in [-0.39, 0.29) is 0 Å². The minimum atomic E-state index is -0.747. The molecule has 1 N–H and O–H groups in total. The van der Waals surface area contributed by atoms with E-state index in [1.165, 1.54) is 12.8 Å². The van der Waals surface area contributed by atoms with E-state index in [1.54, 1.807) is 6.20 Å². The number of hydrogen-bond donors (Lipinski definition) is 1. The van der Waals surface area contributed by atoms with E-state index in [2.05, 4.69) is 9.97 Å². The fourth-order valence-corrected chi connectivity index (χ4v) is 2.36. The molecule has 84 valence electrons. The maximum atomic E-state index is 11.1. The molecule has 0 spiro atoms. The highest BCUT2D eigenvalue weighted by Gasteiger charge is 2.31. The van der Waals surface area contributed by atoms with E-state index in [9.17, 15) is 4.79 Å². The second-order valence-electron chi connectivity index (χ2n) is 4.69. The molecule has 0 aromatic carbocycles. The van der Waals surface area contributed by atoms with Crippen LogP contribution in [0, 0.1) is 0 Å². The first kappa shape index (κ1) is 9.75. The van der Waals surface area contributed by atoms with Crippen molar-refractivity contribution in [3.8, 4) is 0 Å². The number of hydrogen-bond acceptors (Lipinski definition) is 3. The SMILES string of the molecule is O=C(O)C1CCCc2nc(C3CC3)ncc21. The summed E-state index contributed by atoms with van der Waals surface area (Å²) < 4.78 is 0. The van der Waals surface area contributed by atoms with Gasteiger partial charge in [0.25, 0.3) is 0 Å². The first-order chi connectivity index (χ1) is 7.75. The van der Waals surface area contributed by atoms with Gasteiger partial charge in [0.05, 0.1) is 5.92 Å². The predicted octanol–water partition coefficient (Wildman–Crippen LogP) is 1.86. The van der Waals surface area contributed by atoms with Crippen molar-refractivity contribution in [2.24, 2.45) is 0 Å². The number of aromatic nitrogens is 2. The van der Waals surface area contributed by atoms with Gasteiger partial charge in [-0.05, 0) is 32.1 Å². The molecule has 1 aromatic rings. The molecule has 1 unspecified atom stereocenters. The average Bonchev–Trinajstić information content (AvgIpc) is 3.11. The number of aryl methyl sites for hydroxylation is 1. The van der Waals surface area contributed by atoms with Crippen molar-refractivity contribution in [2.75, 3.05) is 0 Å². The molecule has 3 rings (SSSR count). The molecule has 0 bridgehead atoms. The van der Waals surface area contributed by atoms with Crippen molar-refractivity contribution in [1.82, 2.24) is 9.97 Å². The van der Waals surface area contributed by atoms with Gasteiger partial charge in [0.1, 0.15) is 5.82 Å². The average molecular weight is 218 g/mol. The Balaban J connectivity index is 1.98. The Morgan fingerprint density at radius 3 is 2.88 bits per heavy atom. The van der Waals surface area contributed by atoms with Crippen LogP contribution in [0.3, 0.4) is 0 Å². The quantitative estimate of drug-likeness (QED) is 0.822. The Bertz CT molecular complexity index is 441. The van der Waals surface area contributed by atoms with Crippen LogP contribution in [0.4, 0.5) is 0 Å². The van der Waals surface area contributed by atoms with E-state index in [1.807, 2.05) is 0 Å². The summed E-state index contributed by atoms with van der Waals surface area (Å²) in [5, 5.41) is 9.12. The number of nitrogens with zero attached hydrogens (tertiary/aromatic N) is 2. The smallest absolute Gasteiger partial charge is 0.311 e. The van der Waals surface area contributed by atoms with E-state index >= 15 is 0 Å². The maximum absolute atomic E-state index is 11.1. The zero-order valence-electron chi connectivity index (χ0n) is 9.02. The van der Waals surface area contributed by atoms with Crippen LogP contribution in [0.15, 0.2) is 6.20 Å². The largest absolute Gasteiger partial charge is 0.481 e. The second kappa shape index (κ2) is 3.54. The third-order valence-corrected chi connectivity index (χ3v) is 3.44. The van der Waals surface area contributed by atoms with Gasteiger partial charge in [-0.1, -0.05) is 0 Å². The summed E-state index contributed by atoms with van der Waals surface area (Å²) in [6.45, 7) is 0. The molecule has 0 saturated heterocycles. The van der Waals surface area contributed by atoms with Gasteiger partial charge < -0.3 is 5.11 Å². The third-order valence-electron chi connectivity index (χ3n) is 3.44. The van der Waals surface area contributed by atoms with E-state index in [0.717, 1.165) is 29.9 Å². The minimum absolute atomic E-state index is 0.392. The minimum Gasteiger partial charge on any atom is -0.481 e. The molecule has 1 fully saturated rings. The van der Waals surface area contributed by atoms with Gasteiger partial charge in [0, 0.05) is 23.4 Å². The van der Waals surface area contributed by atoms with Crippen molar-refractivity contribution in [1.29, 1.82) is 0 Å². The molecule has 2 aliphatic carbocycles. The van der Waals surface area contributed by atoms with Crippen LogP contribution in [0.1, 0.15) is 54.6 Å². The van der Waals surface area contributed by atoms with Crippen LogP contribution < -0.4 is 0 Å². The highest BCUT2D eigenvalue weighted by molar-refractivity contribution is 5.76. The Labute approximate surface area is 93.7 Å². The number of rotatable bonds is 2. The summed E-state index contributed by atoms with van der Waals surface area (Å²) in [6, 6.07) is 0. The fourth-order valence-electron chi connectivity index (χ4n) is 2.36. The van der Waals surface area contributed by atoms with Gasteiger partial charge in [0.15, 0.2) is 0 Å². The molecule has 4 nitrogen and oxygen atoms in total. The normalized spacial score (nSPS) is 23.9. The first-order valence-electron chi connectivity index (χ1n) is 5.84. The Hall–Kier alpha value is -1.45. The molecule has 4 heteroatoms. The lowest BCUT2D eigenvalue weighted by Crippen LogP contribution is -2.20. The topological polar surface area (TPSA) is 63.1 Å². The highest BCUT2D eigenvalue weighted by Crippen LogP contribution is 2.39. The van der Waals surface area contributed by atoms with Crippen LogP contribution in [-0.4, -0.2) is 21.0 Å². The molecular formula is C12H14N2O2. The monoisotopic (exact) mass is 218 g/mol. The zero-order chi connectivity index (χ0) is 11.1. The number of carboxylic acid groups (broad SMARTS) is 1. The summed E-state index contributed by atoms with van der Waals surface area (Å²) >= 11 is 0. The lowest BCUT2D eigenvalue weighted by atomic mass is 9.86. The van der Waals surface area contributed by atoms with Gasteiger partial charge in [-0.15, -0.1) is 0 Å². The standard InChI is InChI=1S/C12H14N2O2/c15-12(16)8-2-1-3-10-9(8)6-13-11(14-10)7-4-5-7/h6-8H,1-5H2,(H,15,16). The van der Waals surface area contributed by atoms with Crippen molar-refractivity contribution in [3.63, 3.8) is 0 Å². The van der Waals surface area contributed by atoms with Crippen molar-refractivity contribution in [3.05, 3.63) is 23.3 Å². The molecule has 1 atom stereocenters. The van der Waals surface area contributed by atoms with Crippen LogP contribution in [0.2, 0.25) is 0 Å². The van der Waals surface area contributed by atoms with E-state index in [4.69, 9.17) is 5.11 Å². The maximum Gasteiger partial charge on any atom is 0.311 e. The summed E-state index contributed by atoms with van der Waals surface area (Å²) in [7, 11) is 0. The Kier molecular flexibility index (Phi) is 2.16. The van der Waals surface area contributed by atoms with Crippen molar-refractivity contribution < 1.29 is 9.90 Å². The number of carbonyl (C=O) groups is 1. The second-order valence-corrected chi connectivity index (χ2v) is 4.69.